The molecule has 0 radical (unpaired) electrons. The molecule has 2 amide bonds. The fourth-order valence-electron chi connectivity index (χ4n) is 4.14. The van der Waals surface area contributed by atoms with Gasteiger partial charge in [0.05, 0.1) is 13.1 Å². The van der Waals surface area contributed by atoms with E-state index < -0.39 is 0 Å². The van der Waals surface area contributed by atoms with Gasteiger partial charge in [-0.05, 0) is 61.8 Å². The van der Waals surface area contributed by atoms with Crippen LogP contribution in [0.5, 0.6) is 0 Å². The highest BCUT2D eigenvalue weighted by Crippen LogP contribution is 2.30. The van der Waals surface area contributed by atoms with Crippen LogP contribution in [0.2, 0.25) is 0 Å². The molecule has 1 saturated carbocycles. The van der Waals surface area contributed by atoms with Crippen molar-refractivity contribution in [3.63, 3.8) is 0 Å². The summed E-state index contributed by atoms with van der Waals surface area (Å²) in [4.78, 5) is 30.2. The van der Waals surface area contributed by atoms with Crippen LogP contribution in [0.4, 0.5) is 0 Å². The van der Waals surface area contributed by atoms with E-state index in [4.69, 9.17) is 4.42 Å². The average Bonchev–Trinajstić information content (AvgIpc) is 3.59. The Morgan fingerprint density at radius 3 is 2.06 bits per heavy atom. The molecule has 4 rings (SSSR count). The molecule has 5 heteroatoms. The molecule has 1 aliphatic carbocycles. The van der Waals surface area contributed by atoms with Crippen LogP contribution < -0.4 is 0 Å². The summed E-state index contributed by atoms with van der Waals surface area (Å²) in [6.07, 6.45) is 4.15. The van der Waals surface area contributed by atoms with E-state index in [1.807, 2.05) is 72.5 Å². The fourth-order valence-corrected chi connectivity index (χ4v) is 4.14. The van der Waals surface area contributed by atoms with E-state index in [0.29, 0.717) is 38.4 Å². The maximum atomic E-state index is 13.5. The summed E-state index contributed by atoms with van der Waals surface area (Å²) in [5, 5.41) is 0. The molecule has 0 N–H and O–H groups in total. The third-order valence-electron chi connectivity index (χ3n) is 6.33. The highest BCUT2D eigenvalue weighted by molar-refractivity contribution is 5.85. The second kappa shape index (κ2) is 11.7. The number of benzene rings is 2. The van der Waals surface area contributed by atoms with E-state index >= 15 is 0 Å². The van der Waals surface area contributed by atoms with Gasteiger partial charge in [0.2, 0.25) is 11.8 Å². The summed E-state index contributed by atoms with van der Waals surface area (Å²) in [6.45, 7) is 3.69. The summed E-state index contributed by atoms with van der Waals surface area (Å²) in [7, 11) is 0. The SMILES string of the molecule is Cc1ccc(CN(CCc2ccccc2)C(=O)CN(CC2CC2)C(=O)CCc2ccccc2)o1. The van der Waals surface area contributed by atoms with E-state index in [-0.39, 0.29) is 18.4 Å². The molecular formula is C29H34N2O3. The Balaban J connectivity index is 1.41. The second-order valence-corrected chi connectivity index (χ2v) is 9.27. The molecule has 1 aromatic heterocycles. The molecule has 1 heterocycles. The van der Waals surface area contributed by atoms with Crippen molar-refractivity contribution in [3.8, 4) is 0 Å². The number of hydrogen-bond acceptors (Lipinski definition) is 3. The Bertz CT molecular complexity index is 1060. The smallest absolute Gasteiger partial charge is 0.242 e. The third-order valence-corrected chi connectivity index (χ3v) is 6.33. The fraction of sp³-hybridized carbons (Fsp3) is 0.379. The number of nitrogens with zero attached hydrogens (tertiary/aromatic N) is 2. The Morgan fingerprint density at radius 2 is 1.47 bits per heavy atom. The standard InChI is InChI=1S/C29H34N2O3/c1-23-12-16-27(34-23)21-30(19-18-25-10-6-3-7-11-25)29(33)22-31(20-26-13-14-26)28(32)17-15-24-8-4-2-5-9-24/h2-12,16,26H,13-15,17-22H2,1H3. The van der Waals surface area contributed by atoms with Gasteiger partial charge < -0.3 is 14.2 Å². The van der Waals surface area contributed by atoms with Crippen molar-refractivity contribution in [1.82, 2.24) is 9.80 Å². The van der Waals surface area contributed by atoms with Crippen LogP contribution in [0.3, 0.4) is 0 Å². The van der Waals surface area contributed by atoms with Crippen molar-refractivity contribution >= 4 is 11.8 Å². The first-order valence-corrected chi connectivity index (χ1v) is 12.3. The summed E-state index contributed by atoms with van der Waals surface area (Å²) in [5.74, 6) is 2.15. The monoisotopic (exact) mass is 458 g/mol. The topological polar surface area (TPSA) is 53.8 Å². The Kier molecular flexibility index (Phi) is 8.18. The van der Waals surface area contributed by atoms with E-state index in [9.17, 15) is 9.59 Å². The molecule has 0 unspecified atom stereocenters. The van der Waals surface area contributed by atoms with Gasteiger partial charge in [0.1, 0.15) is 11.5 Å². The number of carbonyl (C=O) groups is 2. The Morgan fingerprint density at radius 1 is 0.824 bits per heavy atom. The van der Waals surface area contributed by atoms with E-state index in [1.165, 1.54) is 5.56 Å². The van der Waals surface area contributed by atoms with Crippen LogP contribution in [-0.4, -0.2) is 41.2 Å². The van der Waals surface area contributed by atoms with Crippen molar-refractivity contribution in [2.45, 2.75) is 45.6 Å². The molecule has 0 atom stereocenters. The normalized spacial score (nSPS) is 13.0. The van der Waals surface area contributed by atoms with Crippen molar-refractivity contribution in [3.05, 3.63) is 95.4 Å². The molecule has 0 saturated heterocycles. The second-order valence-electron chi connectivity index (χ2n) is 9.27. The van der Waals surface area contributed by atoms with Gasteiger partial charge in [0.15, 0.2) is 0 Å². The van der Waals surface area contributed by atoms with Crippen molar-refractivity contribution in [2.75, 3.05) is 19.6 Å². The summed E-state index contributed by atoms with van der Waals surface area (Å²) < 4.78 is 5.76. The minimum Gasteiger partial charge on any atom is -0.464 e. The van der Waals surface area contributed by atoms with Crippen LogP contribution in [0.15, 0.2) is 77.2 Å². The molecule has 0 aliphatic heterocycles. The number of rotatable bonds is 12. The molecule has 34 heavy (non-hydrogen) atoms. The summed E-state index contributed by atoms with van der Waals surface area (Å²) in [5.41, 5.74) is 2.33. The van der Waals surface area contributed by atoms with Gasteiger partial charge >= 0.3 is 0 Å². The predicted molar refractivity (Wildman–Crippen MR) is 133 cm³/mol. The van der Waals surface area contributed by atoms with Gasteiger partial charge in [-0.25, -0.2) is 0 Å². The van der Waals surface area contributed by atoms with Gasteiger partial charge in [0.25, 0.3) is 0 Å². The van der Waals surface area contributed by atoms with E-state index in [2.05, 4.69) is 12.1 Å². The zero-order valence-electron chi connectivity index (χ0n) is 20.0. The Hall–Kier alpha value is -3.34. The summed E-state index contributed by atoms with van der Waals surface area (Å²) >= 11 is 0. The minimum atomic E-state index is -0.0290. The van der Waals surface area contributed by atoms with Gasteiger partial charge in [-0.3, -0.25) is 9.59 Å². The molecule has 178 valence electrons. The van der Waals surface area contributed by atoms with Gasteiger partial charge in [-0.15, -0.1) is 0 Å². The molecule has 1 fully saturated rings. The van der Waals surface area contributed by atoms with Crippen LogP contribution in [0.25, 0.3) is 0 Å². The number of furan rings is 1. The molecule has 3 aromatic rings. The molecular weight excluding hydrogens is 424 g/mol. The minimum absolute atomic E-state index is 0.0290. The molecule has 1 aliphatic rings. The molecule has 2 aromatic carbocycles. The van der Waals surface area contributed by atoms with Crippen molar-refractivity contribution in [2.24, 2.45) is 5.92 Å². The number of aryl methyl sites for hydroxylation is 2. The molecule has 0 bridgehead atoms. The largest absolute Gasteiger partial charge is 0.464 e. The highest BCUT2D eigenvalue weighted by Gasteiger charge is 2.29. The highest BCUT2D eigenvalue weighted by atomic mass is 16.3. The number of carbonyl (C=O) groups excluding carboxylic acids is 2. The van der Waals surface area contributed by atoms with Crippen LogP contribution >= 0.6 is 0 Å². The molecule has 0 spiro atoms. The van der Waals surface area contributed by atoms with Gasteiger partial charge in [-0.1, -0.05) is 60.7 Å². The lowest BCUT2D eigenvalue weighted by Crippen LogP contribution is -2.44. The zero-order valence-corrected chi connectivity index (χ0v) is 20.0. The lowest BCUT2D eigenvalue weighted by molar-refractivity contribution is -0.141. The van der Waals surface area contributed by atoms with Crippen LogP contribution in [0.1, 0.15) is 41.9 Å². The zero-order chi connectivity index (χ0) is 23.8. The van der Waals surface area contributed by atoms with Crippen molar-refractivity contribution in [1.29, 1.82) is 0 Å². The van der Waals surface area contributed by atoms with Gasteiger partial charge in [-0.2, -0.15) is 0 Å². The summed E-state index contributed by atoms with van der Waals surface area (Å²) in [6, 6.07) is 24.1. The first-order valence-electron chi connectivity index (χ1n) is 12.3. The lowest BCUT2D eigenvalue weighted by Gasteiger charge is -2.27. The Labute approximate surface area is 202 Å². The predicted octanol–water partition coefficient (Wildman–Crippen LogP) is 5.03. The van der Waals surface area contributed by atoms with E-state index in [0.717, 1.165) is 36.3 Å². The first kappa shape index (κ1) is 23.8. The van der Waals surface area contributed by atoms with Crippen molar-refractivity contribution < 1.29 is 14.0 Å². The molecule has 5 nitrogen and oxygen atoms in total. The van der Waals surface area contributed by atoms with E-state index in [1.54, 1.807) is 4.90 Å². The first-order chi connectivity index (χ1) is 16.6. The number of amides is 2. The maximum Gasteiger partial charge on any atom is 0.242 e. The van der Waals surface area contributed by atoms with Crippen LogP contribution in [0, 0.1) is 12.8 Å². The maximum absolute atomic E-state index is 13.5. The van der Waals surface area contributed by atoms with Crippen LogP contribution in [-0.2, 0) is 29.0 Å². The lowest BCUT2D eigenvalue weighted by atomic mass is 10.1. The quantitative estimate of drug-likeness (QED) is 0.382. The third kappa shape index (κ3) is 7.34. The van der Waals surface area contributed by atoms with Gasteiger partial charge in [0, 0.05) is 19.5 Å². The average molecular weight is 459 g/mol. The number of hydrogen-bond donors (Lipinski definition) is 0.